The molecular formula is C24H21N4OS+. The number of hydrogen-bond donors (Lipinski definition) is 1. The highest BCUT2D eigenvalue weighted by Crippen LogP contribution is 2.34. The van der Waals surface area contributed by atoms with Crippen LogP contribution < -0.4 is 10.7 Å². The molecule has 0 amide bonds. The van der Waals surface area contributed by atoms with E-state index in [0.717, 1.165) is 11.1 Å². The number of nitrogens with zero attached hydrogens (tertiary/aromatic N) is 2. The Bertz CT molecular complexity index is 1160. The molecule has 0 unspecified atom stereocenters. The summed E-state index contributed by atoms with van der Waals surface area (Å²) < 4.78 is 0. The van der Waals surface area contributed by atoms with Crippen LogP contribution in [-0.2, 0) is 0 Å². The molecule has 148 valence electrons. The molecule has 3 aromatic rings. The Kier molecular flexibility index (Phi) is 6.51. The molecule has 5 nitrogen and oxygen atoms in total. The van der Waals surface area contributed by atoms with Crippen molar-refractivity contribution in [2.75, 3.05) is 11.5 Å². The Morgan fingerprint density at radius 1 is 1.03 bits per heavy atom. The SMILES string of the molecule is CC(C)c1ccc(-c2c(C#N)c(N)[nH+]c(SCC(=O)c3ccccc3)c2C#N)cc1. The number of anilines is 1. The van der Waals surface area contributed by atoms with Gasteiger partial charge in [-0.15, -0.1) is 0 Å². The van der Waals surface area contributed by atoms with Crippen molar-refractivity contribution in [1.29, 1.82) is 10.5 Å². The zero-order valence-corrected chi connectivity index (χ0v) is 17.6. The molecule has 0 aliphatic heterocycles. The van der Waals surface area contributed by atoms with Gasteiger partial charge in [0.15, 0.2) is 10.8 Å². The molecular weight excluding hydrogens is 392 g/mol. The highest BCUT2D eigenvalue weighted by molar-refractivity contribution is 7.99. The topological polar surface area (TPSA) is 105 Å². The molecule has 30 heavy (non-hydrogen) atoms. The van der Waals surface area contributed by atoms with Crippen molar-refractivity contribution in [3.8, 4) is 23.3 Å². The number of hydrogen-bond acceptors (Lipinski definition) is 5. The number of nitriles is 2. The van der Waals surface area contributed by atoms with Gasteiger partial charge in [-0.05, 0) is 17.0 Å². The van der Waals surface area contributed by atoms with Gasteiger partial charge in [-0.3, -0.25) is 10.5 Å². The minimum absolute atomic E-state index is 0.0522. The highest BCUT2D eigenvalue weighted by atomic mass is 32.2. The third-order valence-corrected chi connectivity index (χ3v) is 5.78. The van der Waals surface area contributed by atoms with E-state index in [1.807, 2.05) is 42.5 Å². The predicted octanol–water partition coefficient (Wildman–Crippen LogP) is 4.59. The van der Waals surface area contributed by atoms with Crippen LogP contribution in [0.5, 0.6) is 0 Å². The Morgan fingerprint density at radius 3 is 2.23 bits per heavy atom. The van der Waals surface area contributed by atoms with Gasteiger partial charge >= 0.3 is 0 Å². The largest absolute Gasteiger partial charge is 0.293 e. The fourth-order valence-electron chi connectivity index (χ4n) is 3.12. The smallest absolute Gasteiger partial charge is 0.289 e. The lowest BCUT2D eigenvalue weighted by Crippen LogP contribution is -2.19. The van der Waals surface area contributed by atoms with Crippen LogP contribution in [0.25, 0.3) is 11.1 Å². The van der Waals surface area contributed by atoms with Crippen LogP contribution in [0.4, 0.5) is 5.82 Å². The molecule has 0 saturated heterocycles. The lowest BCUT2D eigenvalue weighted by molar-refractivity contribution is -0.410. The van der Waals surface area contributed by atoms with Crippen molar-refractivity contribution in [2.24, 2.45) is 0 Å². The number of pyridine rings is 1. The molecule has 0 atom stereocenters. The van der Waals surface area contributed by atoms with Gasteiger partial charge in [-0.25, -0.2) is 4.98 Å². The first-order chi connectivity index (χ1) is 14.5. The molecule has 3 rings (SSSR count). The van der Waals surface area contributed by atoms with Crippen molar-refractivity contribution < 1.29 is 9.78 Å². The number of carbonyl (C=O) groups excluding carboxylic acids is 1. The second-order valence-electron chi connectivity index (χ2n) is 7.07. The summed E-state index contributed by atoms with van der Waals surface area (Å²) in [4.78, 5) is 15.4. The maximum Gasteiger partial charge on any atom is 0.289 e. The molecule has 1 aromatic heterocycles. The van der Waals surface area contributed by atoms with E-state index in [0.29, 0.717) is 27.6 Å². The minimum atomic E-state index is -0.0522. The van der Waals surface area contributed by atoms with Gasteiger partial charge in [0.1, 0.15) is 23.3 Å². The standard InChI is InChI=1S/C24H20N4OS/c1-15(2)16-8-10-18(11-9-16)22-19(12-25)23(27)28-24(20(22)13-26)30-14-21(29)17-6-4-3-5-7-17/h3-11,15H,14H2,1-2H3,(H2,27,28)/p+1. The monoisotopic (exact) mass is 413 g/mol. The van der Waals surface area contributed by atoms with E-state index < -0.39 is 0 Å². The lowest BCUT2D eigenvalue weighted by Gasteiger charge is -2.11. The van der Waals surface area contributed by atoms with Crippen LogP contribution >= 0.6 is 11.8 Å². The van der Waals surface area contributed by atoms with Crippen molar-refractivity contribution >= 4 is 23.4 Å². The minimum Gasteiger partial charge on any atom is -0.293 e. The summed E-state index contributed by atoms with van der Waals surface area (Å²) in [7, 11) is 0. The average molecular weight is 414 g/mol. The van der Waals surface area contributed by atoms with Crippen molar-refractivity contribution in [1.82, 2.24) is 0 Å². The van der Waals surface area contributed by atoms with E-state index in [1.165, 1.54) is 11.8 Å². The second kappa shape index (κ2) is 9.26. The molecule has 0 bridgehead atoms. The summed E-state index contributed by atoms with van der Waals surface area (Å²) in [5.41, 5.74) is 9.63. The summed E-state index contributed by atoms with van der Waals surface area (Å²) >= 11 is 1.21. The molecule has 0 radical (unpaired) electrons. The maximum atomic E-state index is 12.5. The van der Waals surface area contributed by atoms with E-state index in [9.17, 15) is 15.3 Å². The van der Waals surface area contributed by atoms with Gasteiger partial charge in [-0.2, -0.15) is 10.5 Å². The highest BCUT2D eigenvalue weighted by Gasteiger charge is 2.24. The quantitative estimate of drug-likeness (QED) is 0.470. The molecule has 6 heteroatoms. The number of nitrogen functional groups attached to an aromatic ring is 1. The third kappa shape index (κ3) is 4.35. The zero-order valence-electron chi connectivity index (χ0n) is 16.8. The number of nitrogens with two attached hydrogens (primary N) is 1. The van der Waals surface area contributed by atoms with E-state index in [-0.39, 0.29) is 22.9 Å². The number of benzene rings is 2. The van der Waals surface area contributed by atoms with Crippen LogP contribution in [0.15, 0.2) is 59.6 Å². The summed E-state index contributed by atoms with van der Waals surface area (Å²) in [6, 6.07) is 21.1. The van der Waals surface area contributed by atoms with Crippen LogP contribution in [0.2, 0.25) is 0 Å². The lowest BCUT2D eigenvalue weighted by atomic mass is 9.94. The fraction of sp³-hybridized carbons (Fsp3) is 0.167. The van der Waals surface area contributed by atoms with Crippen molar-refractivity contribution in [3.05, 3.63) is 76.9 Å². The molecule has 0 spiro atoms. The number of aromatic amines is 1. The van der Waals surface area contributed by atoms with E-state index >= 15 is 0 Å². The summed E-state index contributed by atoms with van der Waals surface area (Å²) in [5.74, 6) is 0.638. The Morgan fingerprint density at radius 2 is 1.67 bits per heavy atom. The van der Waals surface area contributed by atoms with E-state index in [2.05, 4.69) is 31.0 Å². The second-order valence-corrected chi connectivity index (χ2v) is 8.06. The van der Waals surface area contributed by atoms with Gasteiger partial charge in [-0.1, -0.05) is 80.2 Å². The number of H-pyrrole nitrogens is 1. The Hall–Kier alpha value is -3.61. The van der Waals surface area contributed by atoms with E-state index in [1.54, 1.807) is 12.1 Å². The number of Topliss-reactive ketones (excluding diaryl/α,β-unsaturated/α-hetero) is 1. The van der Waals surface area contributed by atoms with Gasteiger partial charge in [0.25, 0.3) is 5.82 Å². The Labute approximate surface area is 180 Å². The molecule has 1 heterocycles. The van der Waals surface area contributed by atoms with Crippen molar-refractivity contribution in [2.45, 2.75) is 24.8 Å². The zero-order chi connectivity index (χ0) is 21.7. The molecule has 0 saturated carbocycles. The number of thioether (sulfide) groups is 1. The summed E-state index contributed by atoms with van der Waals surface area (Å²) in [5, 5.41) is 20.0. The molecule has 0 aliphatic rings. The molecule has 3 N–H and O–H groups in total. The number of rotatable bonds is 6. The van der Waals surface area contributed by atoms with Gasteiger partial charge in [0, 0.05) is 11.1 Å². The first-order valence-corrected chi connectivity index (χ1v) is 10.4. The number of nitrogens with one attached hydrogen (secondary N) is 1. The van der Waals surface area contributed by atoms with E-state index in [4.69, 9.17) is 5.73 Å². The van der Waals surface area contributed by atoms with Gasteiger partial charge in [0.05, 0.1) is 5.75 Å². The number of aromatic nitrogens is 1. The number of carbonyl (C=O) groups is 1. The molecule has 0 aliphatic carbocycles. The first kappa shape index (κ1) is 21.1. The number of ketones is 1. The molecule has 0 fully saturated rings. The summed E-state index contributed by atoms with van der Waals surface area (Å²) in [6.07, 6.45) is 0. The Balaban J connectivity index is 2.02. The summed E-state index contributed by atoms with van der Waals surface area (Å²) in [6.45, 7) is 4.20. The van der Waals surface area contributed by atoms with Gasteiger partial charge < -0.3 is 0 Å². The average Bonchev–Trinajstić information content (AvgIpc) is 2.77. The molecule has 2 aromatic carbocycles. The normalized spacial score (nSPS) is 10.4. The van der Waals surface area contributed by atoms with Gasteiger partial charge in [0.2, 0.25) is 0 Å². The first-order valence-electron chi connectivity index (χ1n) is 9.46. The van der Waals surface area contributed by atoms with Crippen LogP contribution in [0.3, 0.4) is 0 Å². The van der Waals surface area contributed by atoms with Crippen LogP contribution in [-0.4, -0.2) is 11.5 Å². The third-order valence-electron chi connectivity index (χ3n) is 4.78. The fourth-order valence-corrected chi connectivity index (χ4v) is 4.04. The van der Waals surface area contributed by atoms with Crippen LogP contribution in [0.1, 0.15) is 46.8 Å². The predicted molar refractivity (Wildman–Crippen MR) is 118 cm³/mol. The maximum absolute atomic E-state index is 12.5. The van der Waals surface area contributed by atoms with Crippen LogP contribution in [0, 0.1) is 22.7 Å². The van der Waals surface area contributed by atoms with Crippen molar-refractivity contribution in [3.63, 3.8) is 0 Å².